The Kier molecular flexibility index (Phi) is 9.68. The second-order valence-electron chi connectivity index (χ2n) is 12.2. The van der Waals surface area contributed by atoms with Crippen LogP contribution in [0.1, 0.15) is 82.7 Å². The maximum absolute atomic E-state index is 14.4. The molecular formula is C33H43N3O4. The van der Waals surface area contributed by atoms with Crippen LogP contribution in [0.3, 0.4) is 0 Å². The lowest BCUT2D eigenvalue weighted by atomic mass is 9.95. The highest BCUT2D eigenvalue weighted by Crippen LogP contribution is 2.42. The van der Waals surface area contributed by atoms with E-state index >= 15 is 0 Å². The molecule has 3 rings (SSSR count). The van der Waals surface area contributed by atoms with Gasteiger partial charge in [0.2, 0.25) is 5.91 Å². The van der Waals surface area contributed by atoms with Crippen LogP contribution in [0.2, 0.25) is 0 Å². The topological polar surface area (TPSA) is 87.7 Å². The minimum absolute atomic E-state index is 0.0993. The van der Waals surface area contributed by atoms with E-state index in [1.807, 2.05) is 58.0 Å². The van der Waals surface area contributed by atoms with Gasteiger partial charge in [-0.15, -0.1) is 6.42 Å². The van der Waals surface area contributed by atoms with Crippen LogP contribution in [0.15, 0.2) is 42.5 Å². The molecule has 40 heavy (non-hydrogen) atoms. The van der Waals surface area contributed by atoms with E-state index in [4.69, 9.17) is 11.2 Å². The highest BCUT2D eigenvalue weighted by molar-refractivity contribution is 6.00. The van der Waals surface area contributed by atoms with Crippen LogP contribution >= 0.6 is 0 Å². The van der Waals surface area contributed by atoms with Crippen LogP contribution in [0.4, 0.5) is 10.5 Å². The number of carbonyl (C=O) groups is 3. The fourth-order valence-electron chi connectivity index (χ4n) is 4.98. The molecule has 0 bridgehead atoms. The molecular weight excluding hydrogens is 502 g/mol. The largest absolute Gasteiger partial charge is 0.444 e. The first-order valence-electron chi connectivity index (χ1n) is 14.0. The van der Waals surface area contributed by atoms with Gasteiger partial charge in [0.05, 0.1) is 0 Å². The Hall–Kier alpha value is -3.79. The molecule has 0 aromatic heterocycles. The number of para-hydroxylation sites is 1. The number of nitrogens with zero attached hydrogens (tertiary/aromatic N) is 1. The molecule has 3 amide bonds. The van der Waals surface area contributed by atoms with E-state index in [1.165, 1.54) is 0 Å². The Morgan fingerprint density at radius 1 is 1.07 bits per heavy atom. The third-order valence-corrected chi connectivity index (χ3v) is 7.04. The molecule has 4 unspecified atom stereocenters. The molecule has 0 saturated heterocycles. The number of carbonyl (C=O) groups excluding carboxylic acids is 3. The molecule has 2 aromatic rings. The SMILES string of the molecule is C#Cc1ccccc1C(C(=O)Nc1c(C)cccc1C)N(C(=O)C(CC(C)C)NC(=O)OC(C)(C)C)C1CC1C. The standard InChI is InChI=1S/C33H43N3O4/c1-10-24-16-11-12-17-25(24)29(30(37)35-28-21(4)14-13-15-22(28)5)36(27-19-23(27)6)31(38)26(18-20(2)3)34-32(39)40-33(7,8)9/h1,11-17,20,23,26-27,29H,18-19H2,2-9H3,(H,34,39)(H,35,37). The van der Waals surface area contributed by atoms with Gasteiger partial charge in [-0.25, -0.2) is 4.79 Å². The van der Waals surface area contributed by atoms with E-state index in [0.717, 1.165) is 17.5 Å². The van der Waals surface area contributed by atoms with Gasteiger partial charge in [-0.1, -0.05) is 63.1 Å². The highest BCUT2D eigenvalue weighted by atomic mass is 16.6. The first-order valence-corrected chi connectivity index (χ1v) is 14.0. The molecule has 1 fully saturated rings. The molecule has 0 radical (unpaired) electrons. The summed E-state index contributed by atoms with van der Waals surface area (Å²) in [6, 6.07) is 11.0. The van der Waals surface area contributed by atoms with Gasteiger partial charge in [0.15, 0.2) is 0 Å². The molecule has 1 aliphatic carbocycles. The van der Waals surface area contributed by atoms with Crippen LogP contribution in [-0.2, 0) is 14.3 Å². The number of ether oxygens (including phenoxy) is 1. The van der Waals surface area contributed by atoms with Crippen molar-refractivity contribution in [3.05, 3.63) is 64.7 Å². The lowest BCUT2D eigenvalue weighted by molar-refractivity contribution is -0.142. The summed E-state index contributed by atoms with van der Waals surface area (Å²) in [5.74, 6) is 2.30. The number of hydrogen-bond donors (Lipinski definition) is 2. The monoisotopic (exact) mass is 545 g/mol. The molecule has 7 heteroatoms. The van der Waals surface area contributed by atoms with E-state index in [0.29, 0.717) is 23.2 Å². The summed E-state index contributed by atoms with van der Waals surface area (Å²) in [5, 5.41) is 5.90. The molecule has 4 atom stereocenters. The number of hydrogen-bond acceptors (Lipinski definition) is 4. The number of anilines is 1. The van der Waals surface area contributed by atoms with Crippen molar-refractivity contribution in [2.75, 3.05) is 5.32 Å². The molecule has 1 aliphatic rings. The molecule has 214 valence electrons. The number of rotatable bonds is 9. The van der Waals surface area contributed by atoms with Crippen LogP contribution in [0, 0.1) is 38.0 Å². The average Bonchev–Trinajstić information content (AvgIpc) is 3.58. The second kappa shape index (κ2) is 12.6. The fourth-order valence-corrected chi connectivity index (χ4v) is 4.98. The van der Waals surface area contributed by atoms with E-state index in [1.54, 1.807) is 37.8 Å². The van der Waals surface area contributed by atoms with Gasteiger partial charge < -0.3 is 20.3 Å². The van der Waals surface area contributed by atoms with Crippen molar-refractivity contribution in [2.24, 2.45) is 11.8 Å². The van der Waals surface area contributed by atoms with Crippen molar-refractivity contribution < 1.29 is 19.1 Å². The van der Waals surface area contributed by atoms with Crippen LogP contribution in [-0.4, -0.2) is 40.5 Å². The zero-order valence-electron chi connectivity index (χ0n) is 25.0. The maximum atomic E-state index is 14.4. The summed E-state index contributed by atoms with van der Waals surface area (Å²) < 4.78 is 5.48. The van der Waals surface area contributed by atoms with Crippen LogP contribution in [0.25, 0.3) is 0 Å². The van der Waals surface area contributed by atoms with Crippen molar-refractivity contribution in [3.8, 4) is 12.3 Å². The number of amides is 3. The summed E-state index contributed by atoms with van der Waals surface area (Å²) in [6.07, 6.45) is 6.34. The Morgan fingerprint density at radius 3 is 2.20 bits per heavy atom. The first kappa shape index (κ1) is 30.7. The first-order chi connectivity index (χ1) is 18.7. The lowest BCUT2D eigenvalue weighted by Gasteiger charge is -2.36. The normalized spacial score (nSPS) is 17.8. The van der Waals surface area contributed by atoms with E-state index < -0.39 is 23.8 Å². The Balaban J connectivity index is 2.10. The van der Waals surface area contributed by atoms with Crippen molar-refractivity contribution in [2.45, 2.75) is 92.0 Å². The third kappa shape index (κ3) is 7.65. The quantitative estimate of drug-likeness (QED) is 0.371. The van der Waals surface area contributed by atoms with Gasteiger partial charge in [-0.2, -0.15) is 0 Å². The van der Waals surface area contributed by atoms with Gasteiger partial charge in [-0.3, -0.25) is 9.59 Å². The molecule has 0 spiro atoms. The number of nitrogens with one attached hydrogen (secondary N) is 2. The summed E-state index contributed by atoms with van der Waals surface area (Å²) >= 11 is 0. The molecule has 2 aromatic carbocycles. The molecule has 0 heterocycles. The van der Waals surface area contributed by atoms with Gasteiger partial charge >= 0.3 is 6.09 Å². The summed E-state index contributed by atoms with van der Waals surface area (Å²) in [5.41, 5.74) is 2.92. The Labute approximate surface area is 239 Å². The number of terminal acetylenes is 1. The van der Waals surface area contributed by atoms with E-state index in [-0.39, 0.29) is 29.7 Å². The Bertz CT molecular complexity index is 1270. The zero-order chi connectivity index (χ0) is 29.8. The molecule has 2 N–H and O–H groups in total. The zero-order valence-corrected chi connectivity index (χ0v) is 25.0. The van der Waals surface area contributed by atoms with Crippen LogP contribution < -0.4 is 10.6 Å². The average molecular weight is 546 g/mol. The van der Waals surface area contributed by atoms with Gasteiger partial charge in [0.25, 0.3) is 5.91 Å². The Morgan fingerprint density at radius 2 is 1.68 bits per heavy atom. The molecule has 1 saturated carbocycles. The van der Waals surface area contributed by atoms with Crippen molar-refractivity contribution >= 4 is 23.6 Å². The predicted octanol–water partition coefficient (Wildman–Crippen LogP) is 6.14. The van der Waals surface area contributed by atoms with Crippen molar-refractivity contribution in [1.82, 2.24) is 10.2 Å². The smallest absolute Gasteiger partial charge is 0.408 e. The van der Waals surface area contributed by atoms with Gasteiger partial charge in [0, 0.05) is 17.3 Å². The van der Waals surface area contributed by atoms with E-state index in [2.05, 4.69) is 23.5 Å². The summed E-state index contributed by atoms with van der Waals surface area (Å²) in [4.78, 5) is 43.1. The fraction of sp³-hybridized carbons (Fsp3) is 0.485. The van der Waals surface area contributed by atoms with Gasteiger partial charge in [0.1, 0.15) is 17.7 Å². The van der Waals surface area contributed by atoms with E-state index in [9.17, 15) is 14.4 Å². The van der Waals surface area contributed by atoms with Crippen molar-refractivity contribution in [3.63, 3.8) is 0 Å². The summed E-state index contributed by atoms with van der Waals surface area (Å²) in [7, 11) is 0. The van der Waals surface area contributed by atoms with Gasteiger partial charge in [-0.05, 0) is 82.1 Å². The summed E-state index contributed by atoms with van der Waals surface area (Å²) in [6.45, 7) is 15.2. The maximum Gasteiger partial charge on any atom is 0.408 e. The minimum atomic E-state index is -0.996. The molecule has 0 aliphatic heterocycles. The minimum Gasteiger partial charge on any atom is -0.444 e. The second-order valence-corrected chi connectivity index (χ2v) is 12.2. The molecule has 7 nitrogen and oxygen atoms in total. The number of benzene rings is 2. The highest BCUT2D eigenvalue weighted by Gasteiger charge is 2.48. The number of alkyl carbamates (subject to hydrolysis) is 1. The van der Waals surface area contributed by atoms with Crippen LogP contribution in [0.5, 0.6) is 0 Å². The third-order valence-electron chi connectivity index (χ3n) is 7.04. The lowest BCUT2D eigenvalue weighted by Crippen LogP contribution is -2.54. The van der Waals surface area contributed by atoms with Crippen molar-refractivity contribution in [1.29, 1.82) is 0 Å². The predicted molar refractivity (Wildman–Crippen MR) is 159 cm³/mol. The number of aryl methyl sites for hydroxylation is 2.